The van der Waals surface area contributed by atoms with Gasteiger partial charge in [0.05, 0.1) is 11.5 Å². The quantitative estimate of drug-likeness (QED) is 0.746. The summed E-state index contributed by atoms with van der Waals surface area (Å²) in [5.74, 6) is 0. The monoisotopic (exact) mass is 278 g/mol. The Bertz CT molecular complexity index is 592. The molecule has 0 spiro atoms. The van der Waals surface area contributed by atoms with Crippen LogP contribution in [0.5, 0.6) is 0 Å². The minimum Gasteiger partial charge on any atom is -0.385 e. The lowest BCUT2D eigenvalue weighted by Gasteiger charge is -2.15. The lowest BCUT2D eigenvalue weighted by molar-refractivity contribution is 0.441. The maximum Gasteiger partial charge on any atom is 0.0683 e. The van der Waals surface area contributed by atoms with Crippen LogP contribution in [-0.2, 0) is 0 Å². The molecule has 0 heterocycles. The number of nitrogens with zero attached hydrogens (tertiary/aromatic N) is 1. The van der Waals surface area contributed by atoms with Crippen molar-refractivity contribution in [3.8, 4) is 17.2 Å². The molecule has 1 N–H and O–H groups in total. The van der Waals surface area contributed by atoms with Gasteiger partial charge in [-0.15, -0.1) is 0 Å². The average Bonchev–Trinajstić information content (AvgIpc) is 2.53. The van der Waals surface area contributed by atoms with Crippen molar-refractivity contribution in [3.63, 3.8) is 0 Å². The van der Waals surface area contributed by atoms with Crippen LogP contribution in [0.3, 0.4) is 0 Å². The van der Waals surface area contributed by atoms with E-state index in [1.807, 2.05) is 19.9 Å². The lowest BCUT2D eigenvalue weighted by atomic mass is 9.90. The summed E-state index contributed by atoms with van der Waals surface area (Å²) in [6.07, 6.45) is 1.92. The summed E-state index contributed by atoms with van der Waals surface area (Å²) in [5, 5.41) is 12.4. The lowest BCUT2D eigenvalue weighted by Crippen LogP contribution is -2.11. The second-order valence-electron chi connectivity index (χ2n) is 5.97. The molecule has 2 rings (SSSR count). The number of nitrogens with one attached hydrogen (secondary N) is 1. The van der Waals surface area contributed by atoms with Crippen LogP contribution in [0.1, 0.15) is 26.7 Å². The highest BCUT2D eigenvalue weighted by Crippen LogP contribution is 2.22. The number of hydrogen-bond donors (Lipinski definition) is 1. The second kappa shape index (κ2) is 6.95. The standard InChI is InChI=1S/C19H22N2/c1-19(2,15-20)13-6-14-21-18-11-9-17(10-12-18)16-7-4-3-5-8-16/h3-5,7-12,21H,6,13-14H2,1-2H3. The highest BCUT2D eigenvalue weighted by Gasteiger charge is 2.15. The molecule has 2 nitrogen and oxygen atoms in total. The van der Waals surface area contributed by atoms with Crippen molar-refractivity contribution in [2.24, 2.45) is 5.41 Å². The first-order chi connectivity index (χ1) is 10.1. The highest BCUT2D eigenvalue weighted by atomic mass is 14.9. The van der Waals surface area contributed by atoms with Gasteiger partial charge in [0.1, 0.15) is 0 Å². The van der Waals surface area contributed by atoms with Gasteiger partial charge < -0.3 is 5.32 Å². The molecule has 0 saturated carbocycles. The van der Waals surface area contributed by atoms with E-state index in [-0.39, 0.29) is 5.41 Å². The van der Waals surface area contributed by atoms with Crippen LogP contribution >= 0.6 is 0 Å². The fourth-order valence-corrected chi connectivity index (χ4v) is 2.23. The minimum atomic E-state index is -0.223. The van der Waals surface area contributed by atoms with Gasteiger partial charge in [-0.1, -0.05) is 42.5 Å². The predicted molar refractivity (Wildman–Crippen MR) is 89.0 cm³/mol. The van der Waals surface area contributed by atoms with Gasteiger partial charge in [0.25, 0.3) is 0 Å². The van der Waals surface area contributed by atoms with Crippen LogP contribution in [0.2, 0.25) is 0 Å². The molecule has 2 aromatic rings. The Morgan fingerprint density at radius 3 is 2.19 bits per heavy atom. The summed E-state index contributed by atoms with van der Waals surface area (Å²) in [4.78, 5) is 0. The van der Waals surface area contributed by atoms with E-state index in [0.717, 1.165) is 25.1 Å². The van der Waals surface area contributed by atoms with Gasteiger partial charge in [-0.25, -0.2) is 0 Å². The van der Waals surface area contributed by atoms with Gasteiger partial charge >= 0.3 is 0 Å². The predicted octanol–water partition coefficient (Wildman–Crippen LogP) is 5.10. The summed E-state index contributed by atoms with van der Waals surface area (Å²) in [6, 6.07) is 21.2. The third kappa shape index (κ3) is 4.65. The fraction of sp³-hybridized carbons (Fsp3) is 0.316. The Hall–Kier alpha value is -2.27. The van der Waals surface area contributed by atoms with E-state index in [9.17, 15) is 0 Å². The van der Waals surface area contributed by atoms with E-state index in [0.29, 0.717) is 0 Å². The number of nitriles is 1. The van der Waals surface area contributed by atoms with Gasteiger partial charge in [-0.2, -0.15) is 5.26 Å². The minimum absolute atomic E-state index is 0.223. The molecular weight excluding hydrogens is 256 g/mol. The van der Waals surface area contributed by atoms with Crippen LogP contribution in [0.4, 0.5) is 5.69 Å². The van der Waals surface area contributed by atoms with Crippen molar-refractivity contribution in [2.45, 2.75) is 26.7 Å². The average molecular weight is 278 g/mol. The topological polar surface area (TPSA) is 35.8 Å². The van der Waals surface area contributed by atoms with E-state index < -0.39 is 0 Å². The summed E-state index contributed by atoms with van der Waals surface area (Å²) in [7, 11) is 0. The number of anilines is 1. The zero-order valence-electron chi connectivity index (χ0n) is 12.8. The van der Waals surface area contributed by atoms with Crippen LogP contribution in [0.15, 0.2) is 54.6 Å². The van der Waals surface area contributed by atoms with Crippen LogP contribution in [0.25, 0.3) is 11.1 Å². The van der Waals surface area contributed by atoms with Crippen molar-refractivity contribution in [3.05, 3.63) is 54.6 Å². The molecule has 21 heavy (non-hydrogen) atoms. The van der Waals surface area contributed by atoms with E-state index in [2.05, 4.69) is 59.9 Å². The number of rotatable bonds is 6. The van der Waals surface area contributed by atoms with E-state index >= 15 is 0 Å². The summed E-state index contributed by atoms with van der Waals surface area (Å²) >= 11 is 0. The van der Waals surface area contributed by atoms with Gasteiger partial charge in [0.15, 0.2) is 0 Å². The highest BCUT2D eigenvalue weighted by molar-refractivity contribution is 5.65. The maximum atomic E-state index is 8.98. The Balaban J connectivity index is 1.85. The normalized spacial score (nSPS) is 10.9. The largest absolute Gasteiger partial charge is 0.385 e. The summed E-state index contributed by atoms with van der Waals surface area (Å²) in [6.45, 7) is 4.87. The van der Waals surface area contributed by atoms with Crippen molar-refractivity contribution >= 4 is 5.69 Å². The Labute approximate surface area is 127 Å². The number of benzene rings is 2. The molecular formula is C19H22N2. The van der Waals surface area contributed by atoms with Crippen LogP contribution < -0.4 is 5.32 Å². The smallest absolute Gasteiger partial charge is 0.0683 e. The Morgan fingerprint density at radius 1 is 0.952 bits per heavy atom. The third-order valence-electron chi connectivity index (χ3n) is 3.60. The van der Waals surface area contributed by atoms with Crippen LogP contribution in [0, 0.1) is 16.7 Å². The fourth-order valence-electron chi connectivity index (χ4n) is 2.23. The second-order valence-corrected chi connectivity index (χ2v) is 5.97. The van der Waals surface area contributed by atoms with Crippen molar-refractivity contribution in [2.75, 3.05) is 11.9 Å². The zero-order valence-corrected chi connectivity index (χ0v) is 12.8. The molecule has 0 unspecified atom stereocenters. The first-order valence-electron chi connectivity index (χ1n) is 7.41. The molecule has 2 heteroatoms. The first-order valence-corrected chi connectivity index (χ1v) is 7.41. The first kappa shape index (κ1) is 15.1. The van der Waals surface area contributed by atoms with Crippen molar-refractivity contribution < 1.29 is 0 Å². The summed E-state index contributed by atoms with van der Waals surface area (Å²) in [5.41, 5.74) is 3.37. The van der Waals surface area contributed by atoms with E-state index in [4.69, 9.17) is 5.26 Å². The zero-order chi connectivity index (χ0) is 15.1. The molecule has 0 atom stereocenters. The SMILES string of the molecule is CC(C)(C#N)CCCNc1ccc(-c2ccccc2)cc1. The molecule has 0 aliphatic carbocycles. The Morgan fingerprint density at radius 2 is 1.57 bits per heavy atom. The van der Waals surface area contributed by atoms with Gasteiger partial charge in [0.2, 0.25) is 0 Å². The van der Waals surface area contributed by atoms with Gasteiger partial charge in [-0.3, -0.25) is 0 Å². The van der Waals surface area contributed by atoms with Gasteiger partial charge in [0, 0.05) is 12.2 Å². The van der Waals surface area contributed by atoms with Crippen LogP contribution in [-0.4, -0.2) is 6.54 Å². The molecule has 0 aromatic heterocycles. The van der Waals surface area contributed by atoms with Crippen molar-refractivity contribution in [1.29, 1.82) is 5.26 Å². The van der Waals surface area contributed by atoms with E-state index in [1.54, 1.807) is 0 Å². The molecule has 0 radical (unpaired) electrons. The molecule has 0 amide bonds. The molecule has 0 fully saturated rings. The molecule has 0 bridgehead atoms. The van der Waals surface area contributed by atoms with Crippen molar-refractivity contribution in [1.82, 2.24) is 0 Å². The molecule has 0 saturated heterocycles. The van der Waals surface area contributed by atoms with Gasteiger partial charge in [-0.05, 0) is 49.9 Å². The third-order valence-corrected chi connectivity index (χ3v) is 3.60. The molecule has 2 aromatic carbocycles. The molecule has 0 aliphatic heterocycles. The Kier molecular flexibility index (Phi) is 5.00. The summed E-state index contributed by atoms with van der Waals surface area (Å²) < 4.78 is 0. The number of hydrogen-bond acceptors (Lipinski definition) is 2. The maximum absolute atomic E-state index is 8.98. The molecule has 108 valence electrons. The van der Waals surface area contributed by atoms with E-state index in [1.165, 1.54) is 11.1 Å². The molecule has 0 aliphatic rings.